The van der Waals surface area contributed by atoms with Crippen LogP contribution in [0.4, 0.5) is 0 Å². The first kappa shape index (κ1) is 12.3. The molecule has 1 unspecified atom stereocenters. The van der Waals surface area contributed by atoms with Gasteiger partial charge in [-0.1, -0.05) is 17.5 Å². The normalized spacial score (nSPS) is 22.9. The molecule has 0 amide bonds. The number of terminal acetylenes is 1. The van der Waals surface area contributed by atoms with Crippen molar-refractivity contribution in [3.63, 3.8) is 0 Å². The molecule has 17 heavy (non-hydrogen) atoms. The first-order valence-electron chi connectivity index (χ1n) is 5.49. The Labute approximate surface area is 107 Å². The summed E-state index contributed by atoms with van der Waals surface area (Å²) in [6.45, 7) is 5.10. The average molecular weight is 251 g/mol. The van der Waals surface area contributed by atoms with Crippen LogP contribution in [0.5, 0.6) is 5.75 Å². The van der Waals surface area contributed by atoms with Gasteiger partial charge in [-0.3, -0.25) is 0 Å². The number of hydrogen-bond donors (Lipinski definition) is 0. The van der Waals surface area contributed by atoms with E-state index in [2.05, 4.69) is 5.92 Å². The number of rotatable bonds is 4. The second-order valence-corrected chi connectivity index (χ2v) is 5.23. The molecule has 1 saturated heterocycles. The summed E-state index contributed by atoms with van der Waals surface area (Å²) in [5, 5.41) is 0.693. The van der Waals surface area contributed by atoms with E-state index in [0.29, 0.717) is 18.2 Å². The van der Waals surface area contributed by atoms with Gasteiger partial charge in [0.1, 0.15) is 18.0 Å². The molecule has 1 aromatic carbocycles. The summed E-state index contributed by atoms with van der Waals surface area (Å²) in [5.74, 6) is 3.54. The summed E-state index contributed by atoms with van der Waals surface area (Å²) in [5.41, 5.74) is -0.666. The minimum Gasteiger partial charge on any atom is -0.490 e. The Morgan fingerprint density at radius 1 is 1.47 bits per heavy atom. The van der Waals surface area contributed by atoms with E-state index in [4.69, 9.17) is 27.5 Å². The fraction of sp³-hybridized carbons (Fsp3) is 0.429. The van der Waals surface area contributed by atoms with Gasteiger partial charge in [-0.2, -0.15) is 0 Å². The topological polar surface area (TPSA) is 21.8 Å². The van der Waals surface area contributed by atoms with Crippen molar-refractivity contribution in [2.45, 2.75) is 19.4 Å². The Balaban J connectivity index is 2.00. The Bertz CT molecular complexity index is 438. The van der Waals surface area contributed by atoms with Crippen LogP contribution in [0.2, 0.25) is 5.02 Å². The molecule has 1 aliphatic heterocycles. The van der Waals surface area contributed by atoms with E-state index in [-0.39, 0.29) is 11.0 Å². The maximum atomic E-state index is 5.80. The van der Waals surface area contributed by atoms with Gasteiger partial charge in [0.25, 0.3) is 0 Å². The molecule has 1 heterocycles. The van der Waals surface area contributed by atoms with Crippen molar-refractivity contribution in [2.24, 2.45) is 5.41 Å². The highest BCUT2D eigenvalue weighted by Gasteiger charge is 2.57. The minimum atomic E-state index is -0.346. The molecule has 1 aliphatic rings. The van der Waals surface area contributed by atoms with Crippen LogP contribution in [0, 0.1) is 17.8 Å². The van der Waals surface area contributed by atoms with Crippen LogP contribution in [0.3, 0.4) is 0 Å². The fourth-order valence-electron chi connectivity index (χ4n) is 1.57. The summed E-state index contributed by atoms with van der Waals surface area (Å²) in [6, 6.07) is 7.26. The van der Waals surface area contributed by atoms with Gasteiger partial charge in [-0.25, -0.2) is 0 Å². The van der Waals surface area contributed by atoms with Crippen molar-refractivity contribution in [1.29, 1.82) is 0 Å². The summed E-state index contributed by atoms with van der Waals surface area (Å²) in [4.78, 5) is 0. The van der Waals surface area contributed by atoms with E-state index < -0.39 is 0 Å². The summed E-state index contributed by atoms with van der Waals surface area (Å²) in [7, 11) is 0. The van der Waals surface area contributed by atoms with E-state index in [1.54, 1.807) is 12.1 Å². The van der Waals surface area contributed by atoms with Crippen LogP contribution in [-0.4, -0.2) is 18.8 Å². The molecule has 0 aromatic heterocycles. The van der Waals surface area contributed by atoms with Crippen LogP contribution >= 0.6 is 11.6 Å². The number of ether oxygens (including phenoxy) is 2. The summed E-state index contributed by atoms with van der Waals surface area (Å²) in [6.07, 6.45) is 5.52. The van der Waals surface area contributed by atoms with Crippen LogP contribution < -0.4 is 4.74 Å². The van der Waals surface area contributed by atoms with E-state index in [1.807, 2.05) is 26.0 Å². The summed E-state index contributed by atoms with van der Waals surface area (Å²) >= 11 is 5.80. The monoisotopic (exact) mass is 250 g/mol. The Kier molecular flexibility index (Phi) is 3.07. The molecule has 0 spiro atoms. The van der Waals surface area contributed by atoms with Crippen LogP contribution in [0.1, 0.15) is 13.8 Å². The highest BCUT2D eigenvalue weighted by atomic mass is 35.5. The van der Waals surface area contributed by atoms with Gasteiger partial charge >= 0.3 is 0 Å². The highest BCUT2D eigenvalue weighted by Crippen LogP contribution is 2.44. The minimum absolute atomic E-state index is 0.320. The molecule has 1 atom stereocenters. The van der Waals surface area contributed by atoms with Crippen LogP contribution in [-0.2, 0) is 4.74 Å². The first-order chi connectivity index (χ1) is 7.99. The van der Waals surface area contributed by atoms with Gasteiger partial charge in [0.05, 0.1) is 12.0 Å². The van der Waals surface area contributed by atoms with E-state index in [0.717, 1.165) is 5.75 Å². The zero-order chi connectivity index (χ0) is 12.5. The molecule has 0 saturated carbocycles. The molecule has 1 aromatic rings. The van der Waals surface area contributed by atoms with E-state index in [9.17, 15) is 0 Å². The van der Waals surface area contributed by atoms with Gasteiger partial charge in [-0.15, -0.1) is 6.42 Å². The predicted molar refractivity (Wildman–Crippen MR) is 68.2 cm³/mol. The van der Waals surface area contributed by atoms with Gasteiger partial charge in [0.15, 0.2) is 0 Å². The maximum absolute atomic E-state index is 5.80. The lowest BCUT2D eigenvalue weighted by molar-refractivity contribution is 0.117. The first-order valence-corrected chi connectivity index (χ1v) is 5.87. The van der Waals surface area contributed by atoms with Crippen molar-refractivity contribution in [1.82, 2.24) is 0 Å². The lowest BCUT2D eigenvalue weighted by Gasteiger charge is -2.26. The zero-order valence-electron chi connectivity index (χ0n) is 10.00. The molecule has 1 fully saturated rings. The highest BCUT2D eigenvalue weighted by molar-refractivity contribution is 6.30. The lowest BCUT2D eigenvalue weighted by Crippen LogP contribution is -2.37. The SMILES string of the molecule is C#CC(C)(C)C1(COc2ccc(Cl)cc2)CO1. The maximum Gasteiger partial charge on any atom is 0.141 e. The van der Waals surface area contributed by atoms with Crippen molar-refractivity contribution >= 4 is 11.6 Å². The van der Waals surface area contributed by atoms with Crippen molar-refractivity contribution in [3.05, 3.63) is 29.3 Å². The molecule has 0 aliphatic carbocycles. The van der Waals surface area contributed by atoms with E-state index in [1.165, 1.54) is 0 Å². The van der Waals surface area contributed by atoms with Crippen molar-refractivity contribution < 1.29 is 9.47 Å². The number of hydrogen-bond acceptors (Lipinski definition) is 2. The second-order valence-electron chi connectivity index (χ2n) is 4.79. The Morgan fingerprint density at radius 3 is 2.53 bits per heavy atom. The fourth-order valence-corrected chi connectivity index (χ4v) is 1.70. The van der Waals surface area contributed by atoms with Gasteiger partial charge in [0.2, 0.25) is 0 Å². The third-order valence-electron chi connectivity index (χ3n) is 3.28. The van der Waals surface area contributed by atoms with E-state index >= 15 is 0 Å². The standard InChI is InChI=1S/C14H15ClO2/c1-4-13(2,3)14(10-17-14)9-16-12-7-5-11(15)6-8-12/h1,5-8H,9-10H2,2-3H3. The van der Waals surface area contributed by atoms with Crippen LogP contribution in [0.25, 0.3) is 0 Å². The molecule has 0 N–H and O–H groups in total. The average Bonchev–Trinajstić information content (AvgIpc) is 3.10. The predicted octanol–water partition coefficient (Wildman–Crippen LogP) is 3.15. The molecular formula is C14H15ClO2. The smallest absolute Gasteiger partial charge is 0.141 e. The number of benzene rings is 1. The zero-order valence-corrected chi connectivity index (χ0v) is 10.8. The second kappa shape index (κ2) is 4.25. The van der Waals surface area contributed by atoms with Crippen LogP contribution in [0.15, 0.2) is 24.3 Å². The number of epoxide rings is 1. The van der Waals surface area contributed by atoms with Crippen molar-refractivity contribution in [2.75, 3.05) is 13.2 Å². The lowest BCUT2D eigenvalue weighted by atomic mass is 9.80. The van der Waals surface area contributed by atoms with Gasteiger partial charge in [0, 0.05) is 5.02 Å². The summed E-state index contributed by atoms with van der Waals surface area (Å²) < 4.78 is 11.2. The molecule has 2 nitrogen and oxygen atoms in total. The molecular weight excluding hydrogens is 236 g/mol. The van der Waals surface area contributed by atoms with Gasteiger partial charge < -0.3 is 9.47 Å². The Hall–Kier alpha value is -1.17. The molecule has 0 bridgehead atoms. The molecule has 0 radical (unpaired) electrons. The number of halogens is 1. The van der Waals surface area contributed by atoms with Gasteiger partial charge in [-0.05, 0) is 38.1 Å². The largest absolute Gasteiger partial charge is 0.490 e. The quantitative estimate of drug-likeness (QED) is 0.605. The third-order valence-corrected chi connectivity index (χ3v) is 3.53. The molecule has 90 valence electrons. The van der Waals surface area contributed by atoms with Crippen molar-refractivity contribution in [3.8, 4) is 18.1 Å². The third kappa shape index (κ3) is 2.41. The molecule has 3 heteroatoms. The Morgan fingerprint density at radius 2 is 2.06 bits per heavy atom. The molecule has 2 rings (SSSR count).